The molecule has 98 valence electrons. The van der Waals surface area contributed by atoms with Crippen LogP contribution in [0.2, 0.25) is 0 Å². The van der Waals surface area contributed by atoms with Gasteiger partial charge < -0.3 is 4.74 Å². The zero-order valence-corrected chi connectivity index (χ0v) is 11.8. The van der Waals surface area contributed by atoms with Gasteiger partial charge in [0.1, 0.15) is 6.29 Å². The van der Waals surface area contributed by atoms with E-state index in [4.69, 9.17) is 4.74 Å². The van der Waals surface area contributed by atoms with Crippen LogP contribution in [0.3, 0.4) is 0 Å². The Morgan fingerprint density at radius 3 is 2.95 bits per heavy atom. The van der Waals surface area contributed by atoms with Crippen molar-refractivity contribution in [1.29, 1.82) is 0 Å². The highest BCUT2D eigenvalue weighted by atomic mass is 79.9. The van der Waals surface area contributed by atoms with Crippen molar-refractivity contribution in [3.8, 4) is 5.69 Å². The molecule has 1 aromatic carbocycles. The van der Waals surface area contributed by atoms with E-state index in [2.05, 4.69) is 21.0 Å². The highest BCUT2D eigenvalue weighted by molar-refractivity contribution is 9.10. The third kappa shape index (κ3) is 2.90. The molecular weight excluding hydrogens is 312 g/mol. The summed E-state index contributed by atoms with van der Waals surface area (Å²) in [5.74, 6) is -0.408. The van der Waals surface area contributed by atoms with Gasteiger partial charge in [0.25, 0.3) is 0 Å². The van der Waals surface area contributed by atoms with Crippen molar-refractivity contribution < 1.29 is 14.3 Å². The van der Waals surface area contributed by atoms with E-state index in [9.17, 15) is 9.59 Å². The molecule has 0 aliphatic rings. The molecule has 0 aliphatic heterocycles. The minimum Gasteiger partial charge on any atom is -0.462 e. The van der Waals surface area contributed by atoms with Gasteiger partial charge in [0, 0.05) is 16.2 Å². The zero-order chi connectivity index (χ0) is 13.8. The summed E-state index contributed by atoms with van der Waals surface area (Å²) in [5.41, 5.74) is 1.68. The lowest BCUT2D eigenvalue weighted by atomic mass is 10.2. The Hall–Kier alpha value is -1.95. The van der Waals surface area contributed by atoms with Crippen LogP contribution in [0, 0.1) is 0 Å². The van der Waals surface area contributed by atoms with E-state index in [1.165, 1.54) is 6.20 Å². The highest BCUT2D eigenvalue weighted by Gasteiger charge is 2.11. The number of halogens is 1. The summed E-state index contributed by atoms with van der Waals surface area (Å²) in [6.45, 7) is 2.07. The van der Waals surface area contributed by atoms with Crippen LogP contribution in [0.1, 0.15) is 27.6 Å². The van der Waals surface area contributed by atoms with Gasteiger partial charge in [0.05, 0.1) is 24.1 Å². The van der Waals surface area contributed by atoms with Crippen LogP contribution in [0.5, 0.6) is 0 Å². The fraction of sp³-hybridized carbons (Fsp3) is 0.154. The molecule has 0 amide bonds. The number of aromatic nitrogens is 2. The van der Waals surface area contributed by atoms with E-state index in [0.717, 1.165) is 16.4 Å². The predicted molar refractivity (Wildman–Crippen MR) is 72.6 cm³/mol. The second-order valence-electron chi connectivity index (χ2n) is 3.72. The SMILES string of the molecule is CCOC(=O)c1cnn(-c2ccc(C=O)cc2Br)c1. The quantitative estimate of drug-likeness (QED) is 0.641. The monoisotopic (exact) mass is 322 g/mol. The van der Waals surface area contributed by atoms with E-state index in [1.807, 2.05) is 0 Å². The Labute approximate surface area is 118 Å². The summed E-state index contributed by atoms with van der Waals surface area (Å²) in [4.78, 5) is 22.2. The summed E-state index contributed by atoms with van der Waals surface area (Å²) in [5, 5.41) is 4.10. The molecule has 0 unspecified atom stereocenters. The molecule has 6 heteroatoms. The normalized spacial score (nSPS) is 10.2. The number of esters is 1. The van der Waals surface area contributed by atoms with E-state index in [0.29, 0.717) is 17.7 Å². The average Bonchev–Trinajstić information content (AvgIpc) is 2.88. The van der Waals surface area contributed by atoms with Crippen LogP contribution in [-0.2, 0) is 4.74 Å². The number of benzene rings is 1. The first-order valence-electron chi connectivity index (χ1n) is 5.62. The molecule has 0 N–H and O–H groups in total. The average molecular weight is 323 g/mol. The molecule has 0 aliphatic carbocycles. The Morgan fingerprint density at radius 2 is 2.32 bits per heavy atom. The maximum atomic E-state index is 11.5. The Morgan fingerprint density at radius 1 is 1.53 bits per heavy atom. The van der Waals surface area contributed by atoms with Crippen molar-refractivity contribution in [2.75, 3.05) is 6.61 Å². The smallest absolute Gasteiger partial charge is 0.341 e. The third-order valence-corrected chi connectivity index (χ3v) is 3.08. The Kier molecular flexibility index (Phi) is 4.11. The minimum atomic E-state index is -0.408. The molecule has 1 heterocycles. The number of aldehydes is 1. The third-order valence-electron chi connectivity index (χ3n) is 2.45. The van der Waals surface area contributed by atoms with Gasteiger partial charge in [-0.05, 0) is 41.1 Å². The second kappa shape index (κ2) is 5.79. The van der Waals surface area contributed by atoms with Crippen molar-refractivity contribution in [3.05, 3.63) is 46.2 Å². The van der Waals surface area contributed by atoms with Gasteiger partial charge in [-0.1, -0.05) is 0 Å². The largest absolute Gasteiger partial charge is 0.462 e. The summed E-state index contributed by atoms with van der Waals surface area (Å²) in [7, 11) is 0. The van der Waals surface area contributed by atoms with Crippen LogP contribution in [0.15, 0.2) is 35.1 Å². The fourth-order valence-corrected chi connectivity index (χ4v) is 2.13. The molecule has 0 bridgehead atoms. The maximum absolute atomic E-state index is 11.5. The van der Waals surface area contributed by atoms with E-state index < -0.39 is 5.97 Å². The lowest BCUT2D eigenvalue weighted by Crippen LogP contribution is -2.03. The molecule has 0 saturated carbocycles. The number of ether oxygens (including phenoxy) is 1. The number of carbonyl (C=O) groups is 2. The van der Waals surface area contributed by atoms with E-state index >= 15 is 0 Å². The van der Waals surface area contributed by atoms with Crippen molar-refractivity contribution >= 4 is 28.2 Å². The van der Waals surface area contributed by atoms with Crippen molar-refractivity contribution in [3.63, 3.8) is 0 Å². The summed E-state index contributed by atoms with van der Waals surface area (Å²) in [6, 6.07) is 5.11. The predicted octanol–water partition coefficient (Wildman–Crippen LogP) is 2.62. The molecule has 0 saturated heterocycles. The van der Waals surface area contributed by atoms with Gasteiger partial charge in [-0.15, -0.1) is 0 Å². The molecular formula is C13H11BrN2O3. The fourth-order valence-electron chi connectivity index (χ4n) is 1.56. The van der Waals surface area contributed by atoms with Crippen molar-refractivity contribution in [2.45, 2.75) is 6.92 Å². The van der Waals surface area contributed by atoms with Gasteiger partial charge in [-0.25, -0.2) is 9.48 Å². The molecule has 2 aromatic rings. The topological polar surface area (TPSA) is 61.2 Å². The lowest BCUT2D eigenvalue weighted by molar-refractivity contribution is 0.0526. The standard InChI is InChI=1S/C13H11BrN2O3/c1-2-19-13(18)10-6-15-16(7-10)12-4-3-9(8-17)5-11(12)14/h3-8H,2H2,1H3. The summed E-state index contributed by atoms with van der Waals surface area (Å²) < 4.78 is 7.16. The van der Waals surface area contributed by atoms with Crippen LogP contribution in [-0.4, -0.2) is 28.6 Å². The van der Waals surface area contributed by atoms with Crippen LogP contribution in [0.25, 0.3) is 5.69 Å². The first kappa shape index (κ1) is 13.5. The summed E-state index contributed by atoms with van der Waals surface area (Å²) in [6.07, 6.45) is 3.79. The lowest BCUT2D eigenvalue weighted by Gasteiger charge is -2.04. The van der Waals surface area contributed by atoms with E-state index in [-0.39, 0.29) is 0 Å². The van der Waals surface area contributed by atoms with Crippen molar-refractivity contribution in [1.82, 2.24) is 9.78 Å². The van der Waals surface area contributed by atoms with Crippen LogP contribution in [0.4, 0.5) is 0 Å². The highest BCUT2D eigenvalue weighted by Crippen LogP contribution is 2.22. The molecule has 19 heavy (non-hydrogen) atoms. The number of carbonyl (C=O) groups excluding carboxylic acids is 2. The van der Waals surface area contributed by atoms with Gasteiger partial charge in [-0.3, -0.25) is 4.79 Å². The Bertz CT molecular complexity index is 622. The molecule has 5 nitrogen and oxygen atoms in total. The molecule has 0 radical (unpaired) electrons. The zero-order valence-electron chi connectivity index (χ0n) is 10.2. The molecule has 1 aromatic heterocycles. The van der Waals surface area contributed by atoms with Crippen LogP contribution >= 0.6 is 15.9 Å². The van der Waals surface area contributed by atoms with E-state index in [1.54, 1.807) is 36.0 Å². The molecule has 0 spiro atoms. The van der Waals surface area contributed by atoms with Crippen molar-refractivity contribution in [2.24, 2.45) is 0 Å². The molecule has 0 fully saturated rings. The van der Waals surface area contributed by atoms with Crippen LogP contribution < -0.4 is 0 Å². The van der Waals surface area contributed by atoms with Gasteiger partial charge in [0.2, 0.25) is 0 Å². The molecule has 2 rings (SSSR count). The van der Waals surface area contributed by atoms with Gasteiger partial charge >= 0.3 is 5.97 Å². The van der Waals surface area contributed by atoms with Gasteiger partial charge in [-0.2, -0.15) is 5.10 Å². The number of hydrogen-bond donors (Lipinski definition) is 0. The summed E-state index contributed by atoms with van der Waals surface area (Å²) >= 11 is 3.37. The van der Waals surface area contributed by atoms with Gasteiger partial charge in [0.15, 0.2) is 0 Å². The minimum absolute atomic E-state index is 0.321. The molecule has 0 atom stereocenters. The number of rotatable bonds is 4. The maximum Gasteiger partial charge on any atom is 0.341 e. The first-order valence-corrected chi connectivity index (χ1v) is 6.42. The second-order valence-corrected chi connectivity index (χ2v) is 4.58. The number of hydrogen-bond acceptors (Lipinski definition) is 4. The Balaban J connectivity index is 2.32. The first-order chi connectivity index (χ1) is 9.15. The number of nitrogens with zero attached hydrogens (tertiary/aromatic N) is 2.